The van der Waals surface area contributed by atoms with Crippen LogP contribution in [-0.2, 0) is 6.18 Å². The van der Waals surface area contributed by atoms with Gasteiger partial charge in [0.25, 0.3) is 0 Å². The second-order valence-corrected chi connectivity index (χ2v) is 6.33. The minimum absolute atomic E-state index is 0.0121. The molecule has 0 atom stereocenters. The number of rotatable bonds is 6. The Morgan fingerprint density at radius 1 is 1.17 bits per heavy atom. The molecule has 0 aromatic carbocycles. The summed E-state index contributed by atoms with van der Waals surface area (Å²) in [5, 5.41) is 5.81. The number of hydrogen-bond acceptors (Lipinski definition) is 6. The quantitative estimate of drug-likeness (QED) is 0.821. The molecule has 136 valence electrons. The first-order valence-electron chi connectivity index (χ1n) is 8.11. The highest BCUT2D eigenvalue weighted by Gasteiger charge is 2.33. The Morgan fingerprint density at radius 2 is 1.83 bits per heavy atom. The van der Waals surface area contributed by atoms with E-state index in [4.69, 9.17) is 0 Å². The first-order valence-corrected chi connectivity index (χ1v) is 8.11. The maximum absolute atomic E-state index is 13.0. The standard InChI is InChI=1S/C15H25F3N6/c1-11(2)20-14-21-12(15(16,17)18)10-13(22-14)19-4-5-24-8-6-23(3)7-9-24/h10-11H,4-9H2,1-3H3,(H2,19,20,21,22). The predicted octanol–water partition coefficient (Wildman–Crippen LogP) is 1.98. The van der Waals surface area contributed by atoms with Crippen LogP contribution in [0.25, 0.3) is 0 Å². The summed E-state index contributed by atoms with van der Waals surface area (Å²) in [6, 6.07) is 0.904. The molecule has 0 amide bonds. The summed E-state index contributed by atoms with van der Waals surface area (Å²) in [7, 11) is 2.08. The SMILES string of the molecule is CC(C)Nc1nc(NCCN2CCN(C)CC2)cc(C(F)(F)F)n1. The molecule has 0 spiro atoms. The zero-order valence-corrected chi connectivity index (χ0v) is 14.3. The van der Waals surface area contributed by atoms with Crippen LogP contribution in [0, 0.1) is 0 Å². The van der Waals surface area contributed by atoms with E-state index in [0.717, 1.165) is 38.8 Å². The smallest absolute Gasteiger partial charge is 0.369 e. The highest BCUT2D eigenvalue weighted by molar-refractivity contribution is 5.43. The summed E-state index contributed by atoms with van der Waals surface area (Å²) < 4.78 is 38.9. The van der Waals surface area contributed by atoms with Crippen LogP contribution in [0.1, 0.15) is 19.5 Å². The highest BCUT2D eigenvalue weighted by Crippen LogP contribution is 2.29. The lowest BCUT2D eigenvalue weighted by atomic mass is 10.3. The van der Waals surface area contributed by atoms with Gasteiger partial charge in [-0.1, -0.05) is 0 Å². The third-order valence-electron chi connectivity index (χ3n) is 3.76. The molecule has 0 unspecified atom stereocenters. The minimum atomic E-state index is -4.50. The molecule has 1 aliphatic heterocycles. The van der Waals surface area contributed by atoms with Gasteiger partial charge in [-0.05, 0) is 20.9 Å². The number of likely N-dealkylation sites (N-methyl/N-ethyl adjacent to an activating group) is 1. The van der Waals surface area contributed by atoms with Crippen molar-refractivity contribution in [2.24, 2.45) is 0 Å². The molecule has 0 bridgehead atoms. The fourth-order valence-electron chi connectivity index (χ4n) is 2.42. The predicted molar refractivity (Wildman–Crippen MR) is 88.2 cm³/mol. The summed E-state index contributed by atoms with van der Waals surface area (Å²) in [6.07, 6.45) is -4.50. The molecule has 0 radical (unpaired) electrons. The largest absolute Gasteiger partial charge is 0.433 e. The van der Waals surface area contributed by atoms with E-state index in [-0.39, 0.29) is 17.8 Å². The Balaban J connectivity index is 1.97. The van der Waals surface area contributed by atoms with Gasteiger partial charge in [0.2, 0.25) is 5.95 Å². The van der Waals surface area contributed by atoms with E-state index in [0.29, 0.717) is 6.54 Å². The summed E-state index contributed by atoms with van der Waals surface area (Å²) >= 11 is 0. The van der Waals surface area contributed by atoms with E-state index >= 15 is 0 Å². The van der Waals surface area contributed by atoms with E-state index in [2.05, 4.69) is 37.4 Å². The number of hydrogen-bond donors (Lipinski definition) is 2. The summed E-state index contributed by atoms with van der Waals surface area (Å²) in [4.78, 5) is 12.2. The van der Waals surface area contributed by atoms with Crippen molar-refractivity contribution in [1.82, 2.24) is 19.8 Å². The minimum Gasteiger partial charge on any atom is -0.369 e. The van der Waals surface area contributed by atoms with Gasteiger partial charge in [-0.25, -0.2) is 4.98 Å². The number of aromatic nitrogens is 2. The van der Waals surface area contributed by atoms with E-state index in [1.54, 1.807) is 0 Å². The summed E-state index contributed by atoms with van der Waals surface area (Å²) in [6.45, 7) is 8.91. The monoisotopic (exact) mass is 346 g/mol. The maximum Gasteiger partial charge on any atom is 0.433 e. The Hall–Kier alpha value is -1.61. The molecule has 1 saturated heterocycles. The van der Waals surface area contributed by atoms with Crippen LogP contribution < -0.4 is 10.6 Å². The molecular weight excluding hydrogens is 321 g/mol. The maximum atomic E-state index is 13.0. The normalized spacial score (nSPS) is 17.3. The van der Waals surface area contributed by atoms with Gasteiger partial charge in [-0.2, -0.15) is 18.2 Å². The number of halogens is 3. The zero-order valence-electron chi connectivity index (χ0n) is 14.3. The zero-order chi connectivity index (χ0) is 17.7. The molecule has 1 aliphatic rings. The van der Waals surface area contributed by atoms with Crippen LogP contribution in [0.4, 0.5) is 24.9 Å². The van der Waals surface area contributed by atoms with Crippen LogP contribution in [0.3, 0.4) is 0 Å². The van der Waals surface area contributed by atoms with Crippen molar-refractivity contribution in [2.75, 3.05) is 56.9 Å². The molecule has 24 heavy (non-hydrogen) atoms. The Morgan fingerprint density at radius 3 is 2.42 bits per heavy atom. The van der Waals surface area contributed by atoms with Gasteiger partial charge in [0.05, 0.1) is 0 Å². The van der Waals surface area contributed by atoms with Crippen molar-refractivity contribution in [3.8, 4) is 0 Å². The summed E-state index contributed by atoms with van der Waals surface area (Å²) in [5.41, 5.74) is -0.942. The first kappa shape index (κ1) is 18.7. The average molecular weight is 346 g/mol. The number of alkyl halides is 3. The molecule has 1 aromatic heterocycles. The Labute approximate surface area is 140 Å². The number of nitrogens with zero attached hydrogens (tertiary/aromatic N) is 4. The lowest BCUT2D eigenvalue weighted by Crippen LogP contribution is -2.45. The molecule has 6 nitrogen and oxygen atoms in total. The van der Waals surface area contributed by atoms with Crippen molar-refractivity contribution in [1.29, 1.82) is 0 Å². The lowest BCUT2D eigenvalue weighted by Gasteiger charge is -2.32. The van der Waals surface area contributed by atoms with Gasteiger partial charge in [-0.15, -0.1) is 0 Å². The van der Waals surface area contributed by atoms with Crippen molar-refractivity contribution in [3.63, 3.8) is 0 Å². The highest BCUT2D eigenvalue weighted by atomic mass is 19.4. The second-order valence-electron chi connectivity index (χ2n) is 6.33. The van der Waals surface area contributed by atoms with Crippen molar-refractivity contribution in [3.05, 3.63) is 11.8 Å². The van der Waals surface area contributed by atoms with Crippen LogP contribution in [0.5, 0.6) is 0 Å². The van der Waals surface area contributed by atoms with Gasteiger partial charge in [0.1, 0.15) is 5.82 Å². The Bertz CT molecular complexity index is 526. The fraction of sp³-hybridized carbons (Fsp3) is 0.733. The number of piperazine rings is 1. The molecule has 2 N–H and O–H groups in total. The van der Waals surface area contributed by atoms with E-state index < -0.39 is 11.9 Å². The molecular formula is C15H25F3N6. The molecule has 1 fully saturated rings. The summed E-state index contributed by atoms with van der Waals surface area (Å²) in [5.74, 6) is 0.177. The van der Waals surface area contributed by atoms with E-state index in [1.165, 1.54) is 0 Å². The third-order valence-corrected chi connectivity index (χ3v) is 3.76. The van der Waals surface area contributed by atoms with E-state index in [9.17, 15) is 13.2 Å². The number of anilines is 2. The van der Waals surface area contributed by atoms with E-state index in [1.807, 2.05) is 13.8 Å². The number of nitrogens with one attached hydrogen (secondary N) is 2. The Kier molecular flexibility index (Phi) is 6.22. The van der Waals surface area contributed by atoms with Gasteiger partial charge < -0.3 is 15.5 Å². The van der Waals surface area contributed by atoms with Gasteiger partial charge in [0, 0.05) is 51.4 Å². The van der Waals surface area contributed by atoms with Gasteiger partial charge in [-0.3, -0.25) is 4.90 Å². The topological polar surface area (TPSA) is 56.3 Å². The third kappa shape index (κ3) is 5.79. The fourth-order valence-corrected chi connectivity index (χ4v) is 2.42. The molecule has 9 heteroatoms. The van der Waals surface area contributed by atoms with Crippen LogP contribution in [-0.4, -0.2) is 72.1 Å². The second kappa shape index (κ2) is 7.98. The van der Waals surface area contributed by atoms with Gasteiger partial charge in [0.15, 0.2) is 5.69 Å². The van der Waals surface area contributed by atoms with Crippen LogP contribution in [0.2, 0.25) is 0 Å². The van der Waals surface area contributed by atoms with Gasteiger partial charge >= 0.3 is 6.18 Å². The van der Waals surface area contributed by atoms with Crippen LogP contribution in [0.15, 0.2) is 6.07 Å². The van der Waals surface area contributed by atoms with Crippen molar-refractivity contribution >= 4 is 11.8 Å². The molecule has 0 aliphatic carbocycles. The molecule has 0 saturated carbocycles. The molecule has 2 heterocycles. The van der Waals surface area contributed by atoms with Crippen molar-refractivity contribution < 1.29 is 13.2 Å². The first-order chi connectivity index (χ1) is 11.2. The molecule has 2 rings (SSSR count). The molecule has 1 aromatic rings. The lowest BCUT2D eigenvalue weighted by molar-refractivity contribution is -0.141. The van der Waals surface area contributed by atoms with Crippen LogP contribution >= 0.6 is 0 Å². The van der Waals surface area contributed by atoms with Crippen molar-refractivity contribution in [2.45, 2.75) is 26.1 Å². The average Bonchev–Trinajstić information content (AvgIpc) is 2.47.